The van der Waals surface area contributed by atoms with Crippen molar-refractivity contribution in [1.82, 2.24) is 0 Å². The van der Waals surface area contributed by atoms with E-state index in [1.807, 2.05) is 18.2 Å². The molecule has 0 radical (unpaired) electrons. The number of carbonyl (C=O) groups excluding carboxylic acids is 1. The number of primary sulfonamides is 1. The SMILES string of the molecule is COC(=O)c1cc(S(N)(=O)=O)ccc1NCCCc1ccccc1. The van der Waals surface area contributed by atoms with Crippen molar-refractivity contribution in [2.24, 2.45) is 5.14 Å². The minimum absolute atomic E-state index is 0.127. The number of rotatable bonds is 7. The third kappa shape index (κ3) is 4.81. The first-order chi connectivity index (χ1) is 11.4. The number of aryl methyl sites for hydroxylation is 1. The highest BCUT2D eigenvalue weighted by Crippen LogP contribution is 2.21. The van der Waals surface area contributed by atoms with Crippen molar-refractivity contribution in [1.29, 1.82) is 0 Å². The molecule has 0 saturated carbocycles. The summed E-state index contributed by atoms with van der Waals surface area (Å²) in [5, 5.41) is 8.24. The normalized spacial score (nSPS) is 11.1. The molecule has 0 saturated heterocycles. The molecular weight excluding hydrogens is 328 g/mol. The number of carbonyl (C=O) groups is 1. The molecule has 0 aromatic heterocycles. The molecule has 2 aromatic rings. The summed E-state index contributed by atoms with van der Waals surface area (Å²) in [6, 6.07) is 14.2. The van der Waals surface area contributed by atoms with E-state index in [9.17, 15) is 13.2 Å². The molecular formula is C17H20N2O4S. The van der Waals surface area contributed by atoms with Gasteiger partial charge in [-0.3, -0.25) is 0 Å². The second kappa shape index (κ2) is 7.94. The zero-order valence-electron chi connectivity index (χ0n) is 13.4. The van der Waals surface area contributed by atoms with Gasteiger partial charge in [-0.05, 0) is 36.6 Å². The molecule has 0 amide bonds. The molecule has 24 heavy (non-hydrogen) atoms. The third-order valence-electron chi connectivity index (χ3n) is 3.53. The van der Waals surface area contributed by atoms with E-state index in [-0.39, 0.29) is 10.5 Å². The molecule has 0 fully saturated rings. The number of anilines is 1. The van der Waals surface area contributed by atoms with Gasteiger partial charge in [0.25, 0.3) is 0 Å². The van der Waals surface area contributed by atoms with Gasteiger partial charge < -0.3 is 10.1 Å². The van der Waals surface area contributed by atoms with Crippen LogP contribution in [-0.4, -0.2) is 28.0 Å². The van der Waals surface area contributed by atoms with Gasteiger partial charge in [0.1, 0.15) is 0 Å². The van der Waals surface area contributed by atoms with E-state index in [0.717, 1.165) is 12.8 Å². The van der Waals surface area contributed by atoms with Crippen LogP contribution in [0.25, 0.3) is 0 Å². The zero-order chi connectivity index (χ0) is 17.6. The summed E-state index contributed by atoms with van der Waals surface area (Å²) >= 11 is 0. The van der Waals surface area contributed by atoms with Gasteiger partial charge in [-0.2, -0.15) is 0 Å². The third-order valence-corrected chi connectivity index (χ3v) is 4.44. The predicted octanol–water partition coefficient (Wildman–Crippen LogP) is 2.17. The van der Waals surface area contributed by atoms with Crippen molar-refractivity contribution < 1.29 is 17.9 Å². The Morgan fingerprint density at radius 3 is 2.50 bits per heavy atom. The number of hydrogen-bond acceptors (Lipinski definition) is 5. The number of benzene rings is 2. The van der Waals surface area contributed by atoms with E-state index in [0.29, 0.717) is 12.2 Å². The van der Waals surface area contributed by atoms with Gasteiger partial charge in [0.2, 0.25) is 10.0 Å². The Kier molecular flexibility index (Phi) is 5.94. The monoisotopic (exact) mass is 348 g/mol. The summed E-state index contributed by atoms with van der Waals surface area (Å²) in [6.07, 6.45) is 1.76. The van der Waals surface area contributed by atoms with Gasteiger partial charge >= 0.3 is 5.97 Å². The number of hydrogen-bond donors (Lipinski definition) is 2. The molecule has 7 heteroatoms. The quantitative estimate of drug-likeness (QED) is 0.590. The van der Waals surface area contributed by atoms with Gasteiger partial charge in [-0.1, -0.05) is 30.3 Å². The largest absolute Gasteiger partial charge is 0.465 e. The number of esters is 1. The summed E-state index contributed by atoms with van der Waals surface area (Å²) < 4.78 is 27.6. The summed E-state index contributed by atoms with van der Waals surface area (Å²) in [7, 11) is -2.64. The first-order valence-corrected chi connectivity index (χ1v) is 8.99. The van der Waals surface area contributed by atoms with Crippen molar-refractivity contribution in [2.45, 2.75) is 17.7 Å². The molecule has 3 N–H and O–H groups in total. The highest BCUT2D eigenvalue weighted by atomic mass is 32.2. The molecule has 128 valence electrons. The lowest BCUT2D eigenvalue weighted by atomic mass is 10.1. The van der Waals surface area contributed by atoms with Crippen LogP contribution in [0.1, 0.15) is 22.3 Å². The van der Waals surface area contributed by atoms with Crippen LogP contribution in [0.3, 0.4) is 0 Å². The first kappa shape index (κ1) is 18.0. The molecule has 6 nitrogen and oxygen atoms in total. The molecule has 0 unspecified atom stereocenters. The Morgan fingerprint density at radius 1 is 1.17 bits per heavy atom. The standard InChI is InChI=1S/C17H20N2O4S/c1-23-17(20)15-12-14(24(18,21)22)9-10-16(15)19-11-5-8-13-6-3-2-4-7-13/h2-4,6-7,9-10,12,19H,5,8,11H2,1H3,(H2,18,21,22). The van der Waals surface area contributed by atoms with E-state index in [1.165, 1.54) is 30.9 Å². The van der Waals surface area contributed by atoms with Gasteiger partial charge in [0, 0.05) is 12.2 Å². The van der Waals surface area contributed by atoms with E-state index >= 15 is 0 Å². The van der Waals surface area contributed by atoms with Gasteiger partial charge in [-0.15, -0.1) is 0 Å². The van der Waals surface area contributed by atoms with Gasteiger partial charge in [0.15, 0.2) is 0 Å². The average Bonchev–Trinajstić information content (AvgIpc) is 2.58. The summed E-state index contributed by atoms with van der Waals surface area (Å²) in [5.74, 6) is -0.619. The summed E-state index contributed by atoms with van der Waals surface area (Å²) in [4.78, 5) is 11.7. The van der Waals surface area contributed by atoms with Crippen LogP contribution in [0.2, 0.25) is 0 Å². The minimum Gasteiger partial charge on any atom is -0.465 e. The summed E-state index contributed by atoms with van der Waals surface area (Å²) in [6.45, 7) is 0.633. The molecule has 2 aromatic carbocycles. The highest BCUT2D eigenvalue weighted by molar-refractivity contribution is 7.89. The van der Waals surface area contributed by atoms with Gasteiger partial charge in [-0.25, -0.2) is 18.4 Å². The number of methoxy groups -OCH3 is 1. The van der Waals surface area contributed by atoms with E-state index in [4.69, 9.17) is 9.88 Å². The minimum atomic E-state index is -3.88. The van der Waals surface area contributed by atoms with E-state index < -0.39 is 16.0 Å². The summed E-state index contributed by atoms with van der Waals surface area (Å²) in [5.41, 5.74) is 1.89. The predicted molar refractivity (Wildman–Crippen MR) is 92.4 cm³/mol. The number of ether oxygens (including phenoxy) is 1. The van der Waals surface area contributed by atoms with Crippen molar-refractivity contribution >= 4 is 21.7 Å². The van der Waals surface area contributed by atoms with Crippen molar-refractivity contribution in [3.63, 3.8) is 0 Å². The van der Waals surface area contributed by atoms with Crippen molar-refractivity contribution in [3.8, 4) is 0 Å². The average molecular weight is 348 g/mol. The lowest BCUT2D eigenvalue weighted by Crippen LogP contribution is -2.15. The fourth-order valence-electron chi connectivity index (χ4n) is 2.29. The molecule has 0 heterocycles. The zero-order valence-corrected chi connectivity index (χ0v) is 14.2. The van der Waals surface area contributed by atoms with Crippen LogP contribution >= 0.6 is 0 Å². The second-order valence-electron chi connectivity index (χ2n) is 5.26. The van der Waals surface area contributed by atoms with E-state index in [2.05, 4.69) is 17.4 Å². The molecule has 0 bridgehead atoms. The Bertz CT molecular complexity index is 805. The second-order valence-corrected chi connectivity index (χ2v) is 6.82. The fourth-order valence-corrected chi connectivity index (χ4v) is 2.83. The smallest absolute Gasteiger partial charge is 0.340 e. The number of sulfonamides is 1. The maximum Gasteiger partial charge on any atom is 0.340 e. The molecule has 0 aliphatic rings. The Balaban J connectivity index is 2.07. The molecule has 0 spiro atoms. The first-order valence-electron chi connectivity index (χ1n) is 7.45. The fraction of sp³-hybridized carbons (Fsp3) is 0.235. The number of nitrogens with one attached hydrogen (secondary N) is 1. The lowest BCUT2D eigenvalue weighted by Gasteiger charge is -2.12. The Labute approximate surface area is 141 Å². The van der Waals surface area contributed by atoms with Crippen LogP contribution in [-0.2, 0) is 21.2 Å². The number of nitrogens with two attached hydrogens (primary N) is 1. The van der Waals surface area contributed by atoms with Crippen molar-refractivity contribution in [3.05, 3.63) is 59.7 Å². The van der Waals surface area contributed by atoms with Crippen LogP contribution < -0.4 is 10.5 Å². The van der Waals surface area contributed by atoms with E-state index in [1.54, 1.807) is 0 Å². The molecule has 0 atom stereocenters. The lowest BCUT2D eigenvalue weighted by molar-refractivity contribution is 0.0601. The van der Waals surface area contributed by atoms with Crippen LogP contribution in [0.15, 0.2) is 53.4 Å². The van der Waals surface area contributed by atoms with Crippen LogP contribution in [0.5, 0.6) is 0 Å². The Hall–Kier alpha value is -2.38. The van der Waals surface area contributed by atoms with Crippen LogP contribution in [0, 0.1) is 0 Å². The Morgan fingerprint density at radius 2 is 1.88 bits per heavy atom. The maximum atomic E-state index is 11.9. The molecule has 2 rings (SSSR count). The molecule has 0 aliphatic heterocycles. The molecule has 0 aliphatic carbocycles. The van der Waals surface area contributed by atoms with Crippen molar-refractivity contribution in [2.75, 3.05) is 19.0 Å². The van der Waals surface area contributed by atoms with Gasteiger partial charge in [0.05, 0.1) is 17.6 Å². The highest BCUT2D eigenvalue weighted by Gasteiger charge is 2.16. The van der Waals surface area contributed by atoms with Crippen LogP contribution in [0.4, 0.5) is 5.69 Å². The maximum absolute atomic E-state index is 11.9. The topological polar surface area (TPSA) is 98.5 Å².